The number of nitrogens with zero attached hydrogens (tertiary/aromatic N) is 1. The molecule has 1 aromatic rings. The zero-order valence-electron chi connectivity index (χ0n) is 19.6. The molecular weight excluding hydrogens is 398 g/mol. The quantitative estimate of drug-likeness (QED) is 0.701. The van der Waals surface area contributed by atoms with Gasteiger partial charge in [0.15, 0.2) is 0 Å². The number of carbonyl (C=O) groups is 2. The third-order valence-corrected chi connectivity index (χ3v) is 9.95. The lowest BCUT2D eigenvalue weighted by Crippen LogP contribution is -2.59. The van der Waals surface area contributed by atoms with Gasteiger partial charge in [-0.3, -0.25) is 9.59 Å². The number of nitrogens with two attached hydrogens (primary N) is 1. The highest BCUT2D eigenvalue weighted by Crippen LogP contribution is 2.65. The zero-order valence-corrected chi connectivity index (χ0v) is 19.6. The Bertz CT molecular complexity index is 958. The van der Waals surface area contributed by atoms with Crippen LogP contribution < -0.4 is 11.1 Å². The third-order valence-electron chi connectivity index (χ3n) is 9.95. The minimum Gasteiger partial charge on any atom is -0.398 e. The molecule has 1 aromatic carbocycles. The first-order chi connectivity index (χ1) is 15.3. The van der Waals surface area contributed by atoms with E-state index in [1.54, 1.807) is 6.08 Å². The highest BCUT2D eigenvalue weighted by Gasteiger charge is 2.61. The number of hydrogen-bond donors (Lipinski definition) is 2. The Morgan fingerprint density at radius 3 is 2.69 bits per heavy atom. The van der Waals surface area contributed by atoms with Gasteiger partial charge in [-0.25, -0.2) is 0 Å². The molecule has 0 saturated heterocycles. The molecule has 3 N–H and O–H groups in total. The minimum absolute atomic E-state index is 0.0537. The van der Waals surface area contributed by atoms with E-state index in [0.717, 1.165) is 43.4 Å². The van der Waals surface area contributed by atoms with E-state index in [-0.39, 0.29) is 28.6 Å². The van der Waals surface area contributed by atoms with Gasteiger partial charge in [0.05, 0.1) is 0 Å². The molecule has 0 spiro atoms. The molecule has 1 aliphatic heterocycles. The average Bonchev–Trinajstić information content (AvgIpc) is 3.13. The molecule has 5 nitrogen and oxygen atoms in total. The number of nitrogen functional groups attached to an aromatic ring is 1. The molecule has 5 heteroatoms. The van der Waals surface area contributed by atoms with Crippen molar-refractivity contribution in [2.24, 2.45) is 34.5 Å². The summed E-state index contributed by atoms with van der Waals surface area (Å²) in [6, 6.07) is 8.07. The number of nitrogens with one attached hydrogen (secondary N) is 1. The van der Waals surface area contributed by atoms with Crippen molar-refractivity contribution in [1.82, 2.24) is 10.2 Å². The molecule has 3 saturated carbocycles. The lowest BCUT2D eigenvalue weighted by molar-refractivity contribution is -0.142. The van der Waals surface area contributed by atoms with Gasteiger partial charge in [-0.15, -0.1) is 0 Å². The number of amides is 2. The van der Waals surface area contributed by atoms with Crippen LogP contribution in [-0.4, -0.2) is 29.8 Å². The molecular formula is C27H37N3O2. The summed E-state index contributed by atoms with van der Waals surface area (Å²) in [4.78, 5) is 27.6. The average molecular weight is 436 g/mol. The minimum atomic E-state index is 0.0537. The molecule has 32 heavy (non-hydrogen) atoms. The van der Waals surface area contributed by atoms with Crippen LogP contribution in [0, 0.1) is 34.5 Å². The summed E-state index contributed by atoms with van der Waals surface area (Å²) < 4.78 is 0. The summed E-state index contributed by atoms with van der Waals surface area (Å²) in [6.07, 6.45) is 10.6. The molecule has 0 radical (unpaired) electrons. The molecule has 7 atom stereocenters. The van der Waals surface area contributed by atoms with Crippen LogP contribution in [0.3, 0.4) is 0 Å². The Labute approximate surface area is 191 Å². The van der Waals surface area contributed by atoms with Crippen molar-refractivity contribution >= 4 is 17.5 Å². The Morgan fingerprint density at radius 2 is 1.91 bits per heavy atom. The predicted octanol–water partition coefficient (Wildman–Crippen LogP) is 4.14. The highest BCUT2D eigenvalue weighted by atomic mass is 16.2. The molecule has 3 fully saturated rings. The lowest BCUT2D eigenvalue weighted by atomic mass is 9.47. The van der Waals surface area contributed by atoms with Crippen LogP contribution in [0.2, 0.25) is 0 Å². The lowest BCUT2D eigenvalue weighted by Gasteiger charge is -2.60. The number of rotatable bonds is 3. The maximum absolute atomic E-state index is 13.3. The first-order valence-electron chi connectivity index (χ1n) is 12.3. The molecule has 0 aromatic heterocycles. The fourth-order valence-corrected chi connectivity index (χ4v) is 8.17. The van der Waals surface area contributed by atoms with Crippen LogP contribution in [0.1, 0.15) is 57.9 Å². The van der Waals surface area contributed by atoms with Gasteiger partial charge in [-0.1, -0.05) is 38.1 Å². The molecule has 5 rings (SSSR count). The van der Waals surface area contributed by atoms with Gasteiger partial charge in [0.2, 0.25) is 11.8 Å². The van der Waals surface area contributed by atoms with Crippen molar-refractivity contribution in [2.75, 3.05) is 12.8 Å². The van der Waals surface area contributed by atoms with E-state index >= 15 is 0 Å². The van der Waals surface area contributed by atoms with Gasteiger partial charge >= 0.3 is 0 Å². The second kappa shape index (κ2) is 7.64. The van der Waals surface area contributed by atoms with Gasteiger partial charge in [0.25, 0.3) is 0 Å². The van der Waals surface area contributed by atoms with E-state index < -0.39 is 0 Å². The molecule has 2 amide bonds. The number of anilines is 1. The summed E-state index contributed by atoms with van der Waals surface area (Å²) in [6.45, 7) is 5.25. The van der Waals surface area contributed by atoms with Crippen LogP contribution in [0.25, 0.3) is 0 Å². The van der Waals surface area contributed by atoms with Crippen LogP contribution in [-0.2, 0) is 16.1 Å². The number of fused-ring (bicyclic) bond motifs is 5. The smallest absolute Gasteiger partial charge is 0.246 e. The Hall–Kier alpha value is -2.30. The van der Waals surface area contributed by atoms with Gasteiger partial charge in [0.1, 0.15) is 0 Å². The number of para-hydroxylation sites is 1. The molecule has 1 heterocycles. The fourth-order valence-electron chi connectivity index (χ4n) is 8.17. The number of benzene rings is 1. The summed E-state index contributed by atoms with van der Waals surface area (Å²) in [7, 11) is 1.97. The van der Waals surface area contributed by atoms with Crippen molar-refractivity contribution in [1.29, 1.82) is 0 Å². The van der Waals surface area contributed by atoms with E-state index in [1.807, 2.05) is 36.2 Å². The van der Waals surface area contributed by atoms with Gasteiger partial charge in [-0.2, -0.15) is 0 Å². The predicted molar refractivity (Wildman–Crippen MR) is 126 cm³/mol. The molecule has 0 unspecified atom stereocenters. The second-order valence-corrected chi connectivity index (χ2v) is 11.2. The van der Waals surface area contributed by atoms with E-state index in [4.69, 9.17) is 5.73 Å². The Balaban J connectivity index is 1.33. The highest BCUT2D eigenvalue weighted by molar-refractivity contribution is 5.89. The fraction of sp³-hybridized carbons (Fsp3) is 0.630. The number of hydrogen-bond acceptors (Lipinski definition) is 3. The van der Waals surface area contributed by atoms with Crippen molar-refractivity contribution < 1.29 is 9.59 Å². The van der Waals surface area contributed by atoms with E-state index in [2.05, 4.69) is 25.2 Å². The monoisotopic (exact) mass is 435 g/mol. The second-order valence-electron chi connectivity index (χ2n) is 11.2. The van der Waals surface area contributed by atoms with Gasteiger partial charge < -0.3 is 16.0 Å². The van der Waals surface area contributed by atoms with E-state index in [0.29, 0.717) is 30.3 Å². The normalized spacial score (nSPS) is 40.4. The molecule has 0 bridgehead atoms. The van der Waals surface area contributed by atoms with Crippen LogP contribution in [0.4, 0.5) is 5.69 Å². The summed E-state index contributed by atoms with van der Waals surface area (Å²) in [5.74, 6) is 2.24. The van der Waals surface area contributed by atoms with Gasteiger partial charge in [-0.05, 0) is 79.4 Å². The van der Waals surface area contributed by atoms with Crippen LogP contribution >= 0.6 is 0 Å². The largest absolute Gasteiger partial charge is 0.398 e. The number of carbonyl (C=O) groups excluding carboxylic acids is 2. The maximum Gasteiger partial charge on any atom is 0.246 e. The molecule has 172 valence electrons. The topological polar surface area (TPSA) is 75.4 Å². The summed E-state index contributed by atoms with van der Waals surface area (Å²) >= 11 is 0. The zero-order chi connectivity index (χ0) is 22.7. The van der Waals surface area contributed by atoms with Crippen LogP contribution in [0.5, 0.6) is 0 Å². The Kier molecular flexibility index (Phi) is 5.14. The summed E-state index contributed by atoms with van der Waals surface area (Å²) in [5, 5.41) is 3.20. The SMILES string of the molecule is CN1C(=O)C=C[C@]2(C)[C@H]3CC[C@]4(C)[C@@H](C(=O)NCc5ccccc5N)CC[C@H]4[C@@H]3CC[C@@H]12. The third kappa shape index (κ3) is 3.11. The van der Waals surface area contributed by atoms with Crippen molar-refractivity contribution in [2.45, 2.75) is 65.0 Å². The van der Waals surface area contributed by atoms with Crippen molar-refractivity contribution in [3.8, 4) is 0 Å². The molecule has 4 aliphatic rings. The van der Waals surface area contributed by atoms with Crippen molar-refractivity contribution in [3.63, 3.8) is 0 Å². The standard InChI is InChI=1S/C27H37N3O2/c1-26-14-12-20-18(8-11-23-27(20,2)15-13-24(31)30(23)3)19(26)9-10-21(26)25(32)29-16-17-6-4-5-7-22(17)28/h4-7,13,15,18-21,23H,8-12,14,16,28H2,1-3H3,(H,29,32)/t18-,19-,20-,21+,23+,26-,27+/m0/s1. The maximum atomic E-state index is 13.3. The Morgan fingerprint density at radius 1 is 1.12 bits per heavy atom. The van der Waals surface area contributed by atoms with Gasteiger partial charge in [0, 0.05) is 36.7 Å². The first-order valence-corrected chi connectivity index (χ1v) is 12.3. The summed E-state index contributed by atoms with van der Waals surface area (Å²) in [5.41, 5.74) is 7.91. The van der Waals surface area contributed by atoms with Crippen molar-refractivity contribution in [3.05, 3.63) is 42.0 Å². The van der Waals surface area contributed by atoms with E-state index in [9.17, 15) is 9.59 Å². The first kappa shape index (κ1) is 21.5. The van der Waals surface area contributed by atoms with E-state index in [1.165, 1.54) is 6.42 Å². The number of likely N-dealkylation sites (N-methyl/N-ethyl adjacent to an activating group) is 1. The molecule has 3 aliphatic carbocycles. The van der Waals surface area contributed by atoms with Crippen LogP contribution in [0.15, 0.2) is 36.4 Å².